The average Bonchev–Trinajstić information content (AvgIpc) is 3.61. The standard InChI is InChI=1S/C41H69NO8/c1-6-7-8-10-13-26-23-50-36(25(26)3)37(47)39(5,48)32-17-19-41(49)33-28(16-18-40(32,41)27-14-11-9-12-15-27)38(4)21-31(45)30(44)20-29(38)35(46)34(33)42-22-24(2)43/h24-33,36-37,43-45,47-49H,6-23H2,1-5H3. The first-order valence-electron chi connectivity index (χ1n) is 20.5. The molecule has 0 bridgehead atoms. The van der Waals surface area contributed by atoms with Crippen LogP contribution in [-0.4, -0.2) is 97.0 Å². The smallest absolute Gasteiger partial charge is 0.180 e. The van der Waals surface area contributed by atoms with Crippen molar-refractivity contribution in [3.63, 3.8) is 0 Å². The second-order valence-electron chi connectivity index (χ2n) is 18.5. The molecule has 0 aromatic heterocycles. The Bertz CT molecular complexity index is 1230. The molecule has 6 aliphatic rings. The Kier molecular flexibility index (Phi) is 11.4. The number of unbranched alkanes of at least 4 members (excludes halogenated alkanes) is 3. The predicted octanol–water partition coefficient (Wildman–Crippen LogP) is 5.00. The summed E-state index contributed by atoms with van der Waals surface area (Å²) in [4.78, 5) is 19.4. The molecule has 15 unspecified atom stereocenters. The molecule has 9 heteroatoms. The summed E-state index contributed by atoms with van der Waals surface area (Å²) in [6, 6.07) is 0. The summed E-state index contributed by atoms with van der Waals surface area (Å²) >= 11 is 0. The first-order chi connectivity index (χ1) is 23.6. The molecular weight excluding hydrogens is 634 g/mol. The molecule has 1 heterocycles. The van der Waals surface area contributed by atoms with Gasteiger partial charge >= 0.3 is 0 Å². The van der Waals surface area contributed by atoms with Crippen molar-refractivity contribution in [3.8, 4) is 0 Å². The highest BCUT2D eigenvalue weighted by Crippen LogP contribution is 2.73. The fourth-order valence-corrected chi connectivity index (χ4v) is 13.1. The molecule has 0 aromatic rings. The van der Waals surface area contributed by atoms with Crippen LogP contribution < -0.4 is 0 Å². The van der Waals surface area contributed by atoms with Gasteiger partial charge in [0.05, 0.1) is 54.5 Å². The zero-order valence-corrected chi connectivity index (χ0v) is 31.6. The molecule has 6 N–H and O–H groups in total. The summed E-state index contributed by atoms with van der Waals surface area (Å²) in [5.41, 5.74) is -4.00. The minimum atomic E-state index is -1.54. The van der Waals surface area contributed by atoms with Crippen molar-refractivity contribution in [3.05, 3.63) is 0 Å². The van der Waals surface area contributed by atoms with Gasteiger partial charge in [-0.2, -0.15) is 0 Å². The molecule has 5 aliphatic carbocycles. The van der Waals surface area contributed by atoms with E-state index in [4.69, 9.17) is 9.73 Å². The molecule has 0 radical (unpaired) electrons. The van der Waals surface area contributed by atoms with Crippen LogP contribution in [0.3, 0.4) is 0 Å². The highest BCUT2D eigenvalue weighted by atomic mass is 16.5. The minimum Gasteiger partial charge on any atom is -0.391 e. The molecule has 6 fully saturated rings. The average molecular weight is 704 g/mol. The Labute approximate surface area is 300 Å². The van der Waals surface area contributed by atoms with Crippen molar-refractivity contribution < 1.29 is 40.2 Å². The van der Waals surface area contributed by atoms with E-state index < -0.39 is 70.3 Å². The molecule has 1 aliphatic heterocycles. The number of Topliss-reactive ketones (excluding diaryl/α,β-unsaturated/α-hetero) is 1. The van der Waals surface area contributed by atoms with Gasteiger partial charge in [0.15, 0.2) is 5.78 Å². The summed E-state index contributed by atoms with van der Waals surface area (Å²) in [6.07, 6.45) is 9.22. The maximum absolute atomic E-state index is 14.6. The Morgan fingerprint density at radius 1 is 1.02 bits per heavy atom. The number of aliphatic imine (C=N–C) groups is 1. The topological polar surface area (TPSA) is 160 Å². The maximum atomic E-state index is 14.6. The molecule has 15 atom stereocenters. The summed E-state index contributed by atoms with van der Waals surface area (Å²) in [6.45, 7) is 10.5. The van der Waals surface area contributed by atoms with Crippen molar-refractivity contribution in [2.75, 3.05) is 13.2 Å². The number of carbonyl (C=O) groups is 1. The van der Waals surface area contributed by atoms with Crippen LogP contribution in [0.5, 0.6) is 0 Å². The van der Waals surface area contributed by atoms with E-state index in [0.717, 1.165) is 44.9 Å². The number of ether oxygens (including phenoxy) is 1. The molecule has 0 amide bonds. The van der Waals surface area contributed by atoms with E-state index in [1.807, 2.05) is 0 Å². The van der Waals surface area contributed by atoms with Gasteiger partial charge in [0.1, 0.15) is 6.10 Å². The fraction of sp³-hybridized carbons (Fsp3) is 0.951. The number of aliphatic hydroxyl groups is 6. The molecule has 0 spiro atoms. The van der Waals surface area contributed by atoms with Crippen LogP contribution in [0.2, 0.25) is 0 Å². The van der Waals surface area contributed by atoms with E-state index >= 15 is 0 Å². The second-order valence-corrected chi connectivity index (χ2v) is 18.5. The van der Waals surface area contributed by atoms with Crippen LogP contribution in [-0.2, 0) is 9.53 Å². The molecule has 5 saturated carbocycles. The summed E-state index contributed by atoms with van der Waals surface area (Å²) < 4.78 is 6.34. The quantitative estimate of drug-likeness (QED) is 0.164. The number of carbonyl (C=O) groups excluding carboxylic acids is 1. The number of rotatable bonds is 11. The van der Waals surface area contributed by atoms with Gasteiger partial charge < -0.3 is 35.4 Å². The van der Waals surface area contributed by atoms with Gasteiger partial charge in [-0.3, -0.25) is 9.79 Å². The van der Waals surface area contributed by atoms with Crippen LogP contribution in [0.1, 0.15) is 137 Å². The second kappa shape index (κ2) is 14.7. The monoisotopic (exact) mass is 704 g/mol. The Morgan fingerprint density at radius 2 is 1.74 bits per heavy atom. The van der Waals surface area contributed by atoms with Crippen molar-refractivity contribution in [2.45, 2.75) is 179 Å². The lowest BCUT2D eigenvalue weighted by Gasteiger charge is -2.66. The van der Waals surface area contributed by atoms with E-state index in [1.54, 1.807) is 13.8 Å². The van der Waals surface area contributed by atoms with Crippen molar-refractivity contribution in [1.82, 2.24) is 0 Å². The summed E-state index contributed by atoms with van der Waals surface area (Å²) in [5.74, 6) is -1.37. The molecular formula is C41H69NO8. The van der Waals surface area contributed by atoms with Gasteiger partial charge in [0, 0.05) is 17.3 Å². The number of ketones is 1. The summed E-state index contributed by atoms with van der Waals surface area (Å²) in [5, 5.41) is 70.7. The Morgan fingerprint density at radius 3 is 2.42 bits per heavy atom. The highest BCUT2D eigenvalue weighted by molar-refractivity contribution is 6.42. The number of fused-ring (bicyclic) bond motifs is 5. The van der Waals surface area contributed by atoms with E-state index in [0.29, 0.717) is 43.9 Å². The Balaban J connectivity index is 1.39. The molecule has 286 valence electrons. The molecule has 50 heavy (non-hydrogen) atoms. The van der Waals surface area contributed by atoms with Gasteiger partial charge in [-0.15, -0.1) is 0 Å². The first-order valence-corrected chi connectivity index (χ1v) is 20.5. The van der Waals surface area contributed by atoms with Crippen molar-refractivity contribution in [1.29, 1.82) is 0 Å². The van der Waals surface area contributed by atoms with Gasteiger partial charge in [-0.1, -0.05) is 65.7 Å². The third-order valence-electron chi connectivity index (χ3n) is 15.8. The van der Waals surface area contributed by atoms with Crippen LogP contribution in [0.25, 0.3) is 0 Å². The van der Waals surface area contributed by atoms with Crippen LogP contribution in [0.4, 0.5) is 0 Å². The van der Waals surface area contributed by atoms with E-state index in [2.05, 4.69) is 20.8 Å². The third kappa shape index (κ3) is 6.18. The lowest BCUT2D eigenvalue weighted by molar-refractivity contribution is -0.245. The van der Waals surface area contributed by atoms with Crippen LogP contribution in [0.15, 0.2) is 4.99 Å². The van der Waals surface area contributed by atoms with Gasteiger partial charge in [0.25, 0.3) is 0 Å². The minimum absolute atomic E-state index is 0.0434. The third-order valence-corrected chi connectivity index (χ3v) is 15.8. The van der Waals surface area contributed by atoms with E-state index in [-0.39, 0.29) is 42.9 Å². The molecule has 0 aromatic carbocycles. The SMILES string of the molecule is CCCCCCC1COC(C(O)C(C)(O)C2CCC3(O)C4C(=NCC(C)O)C(=O)C5CC(O)C(O)CC5(C)C4CCC23C2CCCCC2)C1C. The lowest BCUT2D eigenvalue weighted by atomic mass is 9.39. The normalized spacial score (nSPS) is 47.0. The van der Waals surface area contributed by atoms with Crippen LogP contribution >= 0.6 is 0 Å². The number of hydrogen-bond donors (Lipinski definition) is 6. The Hall–Kier alpha value is -0.940. The van der Waals surface area contributed by atoms with Crippen LogP contribution in [0, 0.1) is 52.3 Å². The van der Waals surface area contributed by atoms with Crippen molar-refractivity contribution in [2.24, 2.45) is 57.2 Å². The fourth-order valence-electron chi connectivity index (χ4n) is 13.1. The first kappa shape index (κ1) is 38.8. The largest absolute Gasteiger partial charge is 0.391 e. The molecule has 1 saturated heterocycles. The van der Waals surface area contributed by atoms with E-state index in [9.17, 15) is 35.4 Å². The zero-order chi connectivity index (χ0) is 36.2. The predicted molar refractivity (Wildman–Crippen MR) is 193 cm³/mol. The van der Waals surface area contributed by atoms with E-state index in [1.165, 1.54) is 19.3 Å². The lowest BCUT2D eigenvalue weighted by Crippen LogP contribution is -2.72. The molecule has 9 nitrogen and oxygen atoms in total. The number of nitrogens with zero attached hydrogens (tertiary/aromatic N) is 1. The van der Waals surface area contributed by atoms with Gasteiger partial charge in [0.2, 0.25) is 0 Å². The molecule has 6 rings (SSSR count). The van der Waals surface area contributed by atoms with Gasteiger partial charge in [-0.25, -0.2) is 0 Å². The van der Waals surface area contributed by atoms with Gasteiger partial charge in [-0.05, 0) is 107 Å². The number of hydrogen-bond acceptors (Lipinski definition) is 9. The highest BCUT2D eigenvalue weighted by Gasteiger charge is 2.76. The number of aliphatic hydroxyl groups excluding tert-OH is 4. The zero-order valence-electron chi connectivity index (χ0n) is 31.6. The van der Waals surface area contributed by atoms with Crippen molar-refractivity contribution >= 4 is 11.5 Å². The maximum Gasteiger partial charge on any atom is 0.180 e. The summed E-state index contributed by atoms with van der Waals surface area (Å²) in [7, 11) is 0.